The predicted octanol–water partition coefficient (Wildman–Crippen LogP) is 2.76. The third kappa shape index (κ3) is 6.27. The lowest BCUT2D eigenvalue weighted by Gasteiger charge is -2.14. The van der Waals surface area contributed by atoms with Gasteiger partial charge in [-0.05, 0) is 47.9 Å². The van der Waals surface area contributed by atoms with E-state index in [1.54, 1.807) is 25.3 Å². The summed E-state index contributed by atoms with van der Waals surface area (Å²) >= 11 is 8.46. The minimum absolute atomic E-state index is 0.0430. The first-order valence-electron chi connectivity index (χ1n) is 9.33. The first-order valence-corrected chi connectivity index (χ1v) is 10.5. The number of rotatable bonds is 7. The number of methoxy groups -OCH3 is 1. The molecular formula is C21H21BrN4O4S. The average Bonchev–Trinajstić information content (AvgIpc) is 3.16. The first kappa shape index (κ1) is 22.7. The maximum atomic E-state index is 12.6. The van der Waals surface area contributed by atoms with Gasteiger partial charge in [-0.1, -0.05) is 34.1 Å². The van der Waals surface area contributed by atoms with Crippen molar-refractivity contribution in [3.63, 3.8) is 0 Å². The Bertz CT molecular complexity index is 1100. The molecule has 0 atom stereocenters. The van der Waals surface area contributed by atoms with E-state index < -0.39 is 5.91 Å². The molecule has 2 amide bonds. The van der Waals surface area contributed by atoms with Crippen LogP contribution in [0.25, 0.3) is 10.9 Å². The highest BCUT2D eigenvalue weighted by molar-refractivity contribution is 9.10. The van der Waals surface area contributed by atoms with Crippen LogP contribution in [0.1, 0.15) is 10.4 Å². The number of amides is 2. The number of hydrogen-bond donors (Lipinski definition) is 3. The maximum absolute atomic E-state index is 12.6. The van der Waals surface area contributed by atoms with Crippen LogP contribution in [-0.4, -0.2) is 41.8 Å². The van der Waals surface area contributed by atoms with Gasteiger partial charge in [-0.25, -0.2) is 0 Å². The second-order valence-electron chi connectivity index (χ2n) is 6.44. The molecule has 31 heavy (non-hydrogen) atoms. The highest BCUT2D eigenvalue weighted by Crippen LogP contribution is 2.23. The highest BCUT2D eigenvalue weighted by atomic mass is 79.9. The smallest absolute Gasteiger partial charge is 0.261 e. The van der Waals surface area contributed by atoms with Crippen LogP contribution in [0, 0.1) is 0 Å². The number of fused-ring (bicyclic) bond motifs is 1. The Morgan fingerprint density at radius 1 is 1.10 bits per heavy atom. The van der Waals surface area contributed by atoms with Crippen LogP contribution < -0.4 is 20.9 Å². The number of hydrogen-bond acceptors (Lipinski definition) is 5. The molecule has 0 saturated heterocycles. The van der Waals surface area contributed by atoms with Gasteiger partial charge >= 0.3 is 0 Å². The van der Waals surface area contributed by atoms with Gasteiger partial charge in [-0.15, -0.1) is 0 Å². The van der Waals surface area contributed by atoms with Crippen molar-refractivity contribution in [1.82, 2.24) is 20.7 Å². The number of benzene rings is 2. The number of aromatic nitrogens is 1. The van der Waals surface area contributed by atoms with Crippen molar-refractivity contribution in [3.05, 3.63) is 64.8 Å². The largest absolute Gasteiger partial charge is 0.490 e. The Kier molecular flexibility index (Phi) is 7.99. The van der Waals surface area contributed by atoms with Crippen molar-refractivity contribution in [3.8, 4) is 5.75 Å². The summed E-state index contributed by atoms with van der Waals surface area (Å²) in [7, 11) is 1.57. The molecule has 0 unspecified atom stereocenters. The Hall–Kier alpha value is -2.95. The van der Waals surface area contributed by atoms with Crippen molar-refractivity contribution >= 4 is 56.0 Å². The van der Waals surface area contributed by atoms with E-state index in [1.165, 1.54) is 0 Å². The number of para-hydroxylation sites is 1. The molecule has 0 spiro atoms. The van der Waals surface area contributed by atoms with Crippen molar-refractivity contribution in [1.29, 1.82) is 0 Å². The van der Waals surface area contributed by atoms with E-state index in [0.29, 0.717) is 29.0 Å². The second kappa shape index (κ2) is 10.9. The Balaban J connectivity index is 1.54. The van der Waals surface area contributed by atoms with E-state index in [-0.39, 0.29) is 17.6 Å². The number of hydrazine groups is 1. The molecule has 2 aromatic carbocycles. The van der Waals surface area contributed by atoms with Crippen LogP contribution in [0.2, 0.25) is 0 Å². The van der Waals surface area contributed by atoms with Gasteiger partial charge in [0.25, 0.3) is 11.8 Å². The van der Waals surface area contributed by atoms with E-state index >= 15 is 0 Å². The Morgan fingerprint density at radius 2 is 1.90 bits per heavy atom. The van der Waals surface area contributed by atoms with E-state index in [4.69, 9.17) is 21.7 Å². The minimum Gasteiger partial charge on any atom is -0.490 e. The van der Waals surface area contributed by atoms with Crippen LogP contribution in [0.3, 0.4) is 0 Å². The molecule has 0 aliphatic rings. The molecule has 1 heterocycles. The maximum Gasteiger partial charge on any atom is 0.261 e. The molecule has 162 valence electrons. The number of carbonyl (C=O) groups is 2. The second-order valence-corrected chi connectivity index (χ2v) is 7.76. The van der Waals surface area contributed by atoms with Gasteiger partial charge in [0.15, 0.2) is 5.11 Å². The fourth-order valence-corrected chi connectivity index (χ4v) is 3.35. The summed E-state index contributed by atoms with van der Waals surface area (Å²) in [5.41, 5.74) is 6.27. The molecule has 0 fully saturated rings. The lowest BCUT2D eigenvalue weighted by atomic mass is 10.2. The molecular weight excluding hydrogens is 484 g/mol. The Morgan fingerprint density at radius 3 is 2.71 bits per heavy atom. The van der Waals surface area contributed by atoms with Gasteiger partial charge in [-0.2, -0.15) is 0 Å². The highest BCUT2D eigenvalue weighted by Gasteiger charge is 2.15. The normalized spacial score (nSPS) is 10.5. The molecule has 3 rings (SSSR count). The van der Waals surface area contributed by atoms with Crippen LogP contribution in [0.15, 0.2) is 59.2 Å². The van der Waals surface area contributed by atoms with E-state index in [0.717, 1.165) is 10.9 Å². The van der Waals surface area contributed by atoms with E-state index in [9.17, 15) is 9.59 Å². The monoisotopic (exact) mass is 504 g/mol. The molecule has 3 N–H and O–H groups in total. The number of nitrogens with zero attached hydrogens (tertiary/aromatic N) is 1. The third-order valence-electron chi connectivity index (χ3n) is 4.27. The number of carbonyl (C=O) groups excluding carboxylic acids is 2. The van der Waals surface area contributed by atoms with Gasteiger partial charge < -0.3 is 14.0 Å². The molecule has 0 aliphatic carbocycles. The van der Waals surface area contributed by atoms with Gasteiger partial charge in [0.05, 0.1) is 12.2 Å². The van der Waals surface area contributed by atoms with Crippen LogP contribution in [0.5, 0.6) is 5.75 Å². The molecule has 1 aromatic heterocycles. The Labute approximate surface area is 193 Å². The number of thiocarbonyl (C=S) groups is 1. The molecule has 0 saturated carbocycles. The molecule has 0 aliphatic heterocycles. The lowest BCUT2D eigenvalue weighted by Crippen LogP contribution is -2.49. The summed E-state index contributed by atoms with van der Waals surface area (Å²) in [6.45, 7) is 0.783. The molecule has 0 bridgehead atoms. The summed E-state index contributed by atoms with van der Waals surface area (Å²) in [6, 6.07) is 14.8. The summed E-state index contributed by atoms with van der Waals surface area (Å²) in [5, 5.41) is 3.53. The van der Waals surface area contributed by atoms with E-state index in [1.807, 2.05) is 41.1 Å². The van der Waals surface area contributed by atoms with Crippen molar-refractivity contribution in [2.75, 3.05) is 20.3 Å². The van der Waals surface area contributed by atoms with Crippen molar-refractivity contribution in [2.45, 2.75) is 6.54 Å². The SMILES string of the molecule is COCCOc1ccc(Br)cc1C(=O)NC(=S)NNC(=O)Cn1ccc2ccccc21. The molecule has 10 heteroatoms. The number of nitrogens with one attached hydrogen (secondary N) is 3. The van der Waals surface area contributed by atoms with Gasteiger partial charge in [0.2, 0.25) is 0 Å². The zero-order valence-corrected chi connectivity index (χ0v) is 19.1. The van der Waals surface area contributed by atoms with Gasteiger partial charge in [0.1, 0.15) is 18.9 Å². The zero-order chi connectivity index (χ0) is 22.2. The third-order valence-corrected chi connectivity index (χ3v) is 4.97. The fourth-order valence-electron chi connectivity index (χ4n) is 2.84. The number of ether oxygens (including phenoxy) is 2. The first-order chi connectivity index (χ1) is 15.0. The fraction of sp³-hybridized carbons (Fsp3) is 0.190. The van der Waals surface area contributed by atoms with Crippen LogP contribution in [0.4, 0.5) is 0 Å². The minimum atomic E-state index is -0.475. The summed E-state index contributed by atoms with van der Waals surface area (Å²) in [5.74, 6) is -0.398. The van der Waals surface area contributed by atoms with Crippen molar-refractivity contribution < 1.29 is 19.1 Å². The standard InChI is InChI=1S/C21H21BrN4O4S/c1-29-10-11-30-18-7-6-15(22)12-16(18)20(28)23-21(31)25-24-19(27)13-26-9-8-14-4-2-3-5-17(14)26/h2-9,12H,10-11,13H2,1H3,(H,24,27)(H2,23,25,28,31). The summed E-state index contributed by atoms with van der Waals surface area (Å²) < 4.78 is 13.1. The molecule has 3 aromatic rings. The van der Waals surface area contributed by atoms with Gasteiger partial charge in [-0.3, -0.25) is 25.8 Å². The lowest BCUT2D eigenvalue weighted by molar-refractivity contribution is -0.122. The molecule has 8 nitrogen and oxygen atoms in total. The summed E-state index contributed by atoms with van der Waals surface area (Å²) in [4.78, 5) is 24.9. The van der Waals surface area contributed by atoms with E-state index in [2.05, 4.69) is 32.1 Å². The number of halogens is 1. The predicted molar refractivity (Wildman–Crippen MR) is 125 cm³/mol. The van der Waals surface area contributed by atoms with Crippen LogP contribution >= 0.6 is 28.1 Å². The topological polar surface area (TPSA) is 93.6 Å². The van der Waals surface area contributed by atoms with Crippen molar-refractivity contribution in [2.24, 2.45) is 0 Å². The quantitative estimate of drug-likeness (QED) is 0.260. The zero-order valence-electron chi connectivity index (χ0n) is 16.7. The van der Waals surface area contributed by atoms with Crippen LogP contribution in [-0.2, 0) is 16.1 Å². The average molecular weight is 505 g/mol. The summed E-state index contributed by atoms with van der Waals surface area (Å²) in [6.07, 6.45) is 1.84. The van der Waals surface area contributed by atoms with Gasteiger partial charge in [0, 0.05) is 23.3 Å². The molecule has 0 radical (unpaired) electrons.